The van der Waals surface area contributed by atoms with E-state index < -0.39 is 0 Å². The Morgan fingerprint density at radius 3 is 3.10 bits per heavy atom. The molecule has 0 radical (unpaired) electrons. The lowest BCUT2D eigenvalue weighted by Crippen LogP contribution is -2.18. The Hall–Kier alpha value is -1.95. The fourth-order valence-corrected chi connectivity index (χ4v) is 2.75. The topological polar surface area (TPSA) is 61.3 Å². The van der Waals surface area contributed by atoms with Gasteiger partial charge in [0.25, 0.3) is 5.19 Å². The van der Waals surface area contributed by atoms with E-state index in [1.54, 1.807) is 6.07 Å². The van der Waals surface area contributed by atoms with Crippen molar-refractivity contribution in [2.75, 3.05) is 0 Å². The standard InChI is InChI=1S/C14H14N2O3S/c1-3-12-15-14(20-16-12)18-9-4-5-10-8(2)6-13(17)19-11(10)7-9/h4-5,7-8H,3,6H2,1-2H3. The number of carbonyl (C=O) groups excluding carboxylic acids is 1. The van der Waals surface area contributed by atoms with Gasteiger partial charge in [-0.25, -0.2) is 0 Å². The van der Waals surface area contributed by atoms with Gasteiger partial charge in [0.2, 0.25) is 0 Å². The zero-order valence-corrected chi connectivity index (χ0v) is 12.1. The van der Waals surface area contributed by atoms with Gasteiger partial charge in [0.1, 0.15) is 17.3 Å². The zero-order valence-electron chi connectivity index (χ0n) is 11.3. The number of nitrogens with zero attached hydrogens (tertiary/aromatic N) is 2. The van der Waals surface area contributed by atoms with E-state index in [9.17, 15) is 4.79 Å². The van der Waals surface area contributed by atoms with Gasteiger partial charge in [-0.05, 0) is 17.5 Å². The fraction of sp³-hybridized carbons (Fsp3) is 0.357. The molecule has 3 rings (SSSR count). The molecule has 0 bridgehead atoms. The summed E-state index contributed by atoms with van der Waals surface area (Å²) >= 11 is 1.22. The van der Waals surface area contributed by atoms with Crippen LogP contribution in [0.1, 0.15) is 37.6 Å². The van der Waals surface area contributed by atoms with E-state index in [1.165, 1.54) is 11.5 Å². The highest BCUT2D eigenvalue weighted by Crippen LogP contribution is 2.37. The van der Waals surface area contributed by atoms with Crippen LogP contribution in [0.15, 0.2) is 18.2 Å². The summed E-state index contributed by atoms with van der Waals surface area (Å²) < 4.78 is 15.1. The molecule has 104 valence electrons. The number of aromatic nitrogens is 2. The van der Waals surface area contributed by atoms with Crippen LogP contribution < -0.4 is 9.47 Å². The minimum atomic E-state index is -0.202. The Balaban J connectivity index is 1.85. The maximum absolute atomic E-state index is 11.5. The van der Waals surface area contributed by atoms with E-state index in [0.717, 1.165) is 17.8 Å². The molecule has 0 aliphatic carbocycles. The molecule has 0 saturated heterocycles. The molecule has 1 aliphatic rings. The van der Waals surface area contributed by atoms with Crippen LogP contribution in [-0.2, 0) is 11.2 Å². The molecule has 0 saturated carbocycles. The maximum Gasteiger partial charge on any atom is 0.311 e. The van der Waals surface area contributed by atoms with Crippen LogP contribution in [0, 0.1) is 0 Å². The minimum Gasteiger partial charge on any atom is -0.430 e. The lowest BCUT2D eigenvalue weighted by atomic mass is 9.95. The van der Waals surface area contributed by atoms with Gasteiger partial charge in [-0.1, -0.05) is 19.9 Å². The Labute approximate surface area is 120 Å². The molecule has 1 aliphatic heterocycles. The Morgan fingerprint density at radius 1 is 1.50 bits per heavy atom. The van der Waals surface area contributed by atoms with Gasteiger partial charge in [-0.15, -0.1) is 0 Å². The summed E-state index contributed by atoms with van der Waals surface area (Å²) in [5.41, 5.74) is 1.03. The molecule has 2 aromatic rings. The van der Waals surface area contributed by atoms with E-state index in [2.05, 4.69) is 9.36 Å². The first-order valence-corrected chi connectivity index (χ1v) is 7.28. The van der Waals surface area contributed by atoms with Crippen molar-refractivity contribution in [2.24, 2.45) is 0 Å². The first-order chi connectivity index (χ1) is 9.65. The van der Waals surface area contributed by atoms with Crippen molar-refractivity contribution >= 4 is 17.5 Å². The third-order valence-electron chi connectivity index (χ3n) is 3.18. The van der Waals surface area contributed by atoms with Crippen molar-refractivity contribution in [3.05, 3.63) is 29.6 Å². The van der Waals surface area contributed by atoms with Gasteiger partial charge in [-0.2, -0.15) is 9.36 Å². The van der Waals surface area contributed by atoms with Crippen molar-refractivity contribution in [3.63, 3.8) is 0 Å². The van der Waals surface area contributed by atoms with E-state index in [0.29, 0.717) is 23.1 Å². The Kier molecular flexibility index (Phi) is 3.40. The van der Waals surface area contributed by atoms with Gasteiger partial charge in [0, 0.05) is 24.0 Å². The number of ether oxygens (including phenoxy) is 2. The molecule has 0 N–H and O–H groups in total. The largest absolute Gasteiger partial charge is 0.430 e. The third kappa shape index (κ3) is 2.51. The zero-order chi connectivity index (χ0) is 14.1. The summed E-state index contributed by atoms with van der Waals surface area (Å²) in [6, 6.07) is 5.53. The summed E-state index contributed by atoms with van der Waals surface area (Å²) in [5, 5.41) is 0.497. The van der Waals surface area contributed by atoms with E-state index in [-0.39, 0.29) is 11.9 Å². The van der Waals surface area contributed by atoms with E-state index >= 15 is 0 Å². The van der Waals surface area contributed by atoms with Crippen LogP contribution in [0.4, 0.5) is 0 Å². The number of esters is 1. The predicted octanol–water partition coefficient (Wildman–Crippen LogP) is 3.31. The molecule has 0 amide bonds. The normalized spacial score (nSPS) is 17.5. The minimum absolute atomic E-state index is 0.175. The highest BCUT2D eigenvalue weighted by atomic mass is 32.1. The molecular formula is C14H14N2O3S. The van der Waals surface area contributed by atoms with Crippen LogP contribution in [-0.4, -0.2) is 15.3 Å². The van der Waals surface area contributed by atoms with Crippen LogP contribution in [0.2, 0.25) is 0 Å². The van der Waals surface area contributed by atoms with E-state index in [4.69, 9.17) is 9.47 Å². The number of fused-ring (bicyclic) bond motifs is 1. The molecule has 0 spiro atoms. The highest BCUT2D eigenvalue weighted by Gasteiger charge is 2.24. The molecule has 1 aromatic heterocycles. The first-order valence-electron chi connectivity index (χ1n) is 6.50. The van der Waals surface area contributed by atoms with Crippen molar-refractivity contribution in [1.82, 2.24) is 9.36 Å². The van der Waals surface area contributed by atoms with E-state index in [1.807, 2.05) is 26.0 Å². The van der Waals surface area contributed by atoms with Crippen molar-refractivity contribution < 1.29 is 14.3 Å². The molecular weight excluding hydrogens is 276 g/mol. The van der Waals surface area contributed by atoms with Gasteiger partial charge >= 0.3 is 5.97 Å². The maximum atomic E-state index is 11.5. The van der Waals surface area contributed by atoms with Gasteiger partial charge < -0.3 is 9.47 Å². The number of hydrogen-bond donors (Lipinski definition) is 0. The average molecular weight is 290 g/mol. The number of benzene rings is 1. The summed E-state index contributed by atoms with van der Waals surface area (Å²) in [5.74, 6) is 1.92. The second-order valence-corrected chi connectivity index (χ2v) is 5.43. The van der Waals surface area contributed by atoms with Gasteiger partial charge in [0.05, 0.1) is 6.42 Å². The van der Waals surface area contributed by atoms with Crippen molar-refractivity contribution in [2.45, 2.75) is 32.6 Å². The Morgan fingerprint density at radius 2 is 2.35 bits per heavy atom. The average Bonchev–Trinajstić information content (AvgIpc) is 2.85. The molecule has 5 nitrogen and oxygen atoms in total. The smallest absolute Gasteiger partial charge is 0.311 e. The SMILES string of the molecule is CCc1nsc(Oc2ccc3c(c2)OC(=O)CC3C)n1. The summed E-state index contributed by atoms with van der Waals surface area (Å²) in [6.07, 6.45) is 1.20. The van der Waals surface area contributed by atoms with Crippen LogP contribution in [0.5, 0.6) is 16.7 Å². The summed E-state index contributed by atoms with van der Waals surface area (Å²) in [4.78, 5) is 15.7. The predicted molar refractivity (Wildman–Crippen MR) is 74.5 cm³/mol. The number of hydrogen-bond acceptors (Lipinski definition) is 6. The molecule has 1 unspecified atom stereocenters. The third-order valence-corrected chi connectivity index (χ3v) is 3.82. The van der Waals surface area contributed by atoms with Crippen molar-refractivity contribution in [3.8, 4) is 16.7 Å². The van der Waals surface area contributed by atoms with Crippen LogP contribution in [0.3, 0.4) is 0 Å². The lowest BCUT2D eigenvalue weighted by Gasteiger charge is -2.21. The molecule has 1 atom stereocenters. The van der Waals surface area contributed by atoms with Crippen LogP contribution >= 0.6 is 11.5 Å². The first kappa shape index (κ1) is 13.1. The number of carbonyl (C=O) groups is 1. The molecule has 2 heterocycles. The summed E-state index contributed by atoms with van der Waals surface area (Å²) in [6.45, 7) is 4.00. The lowest BCUT2D eigenvalue weighted by molar-refractivity contribution is -0.135. The fourth-order valence-electron chi connectivity index (χ4n) is 2.12. The Bertz CT molecular complexity index is 654. The number of aryl methyl sites for hydroxylation is 1. The molecule has 20 heavy (non-hydrogen) atoms. The number of rotatable bonds is 3. The van der Waals surface area contributed by atoms with Gasteiger partial charge in [0.15, 0.2) is 0 Å². The monoisotopic (exact) mass is 290 g/mol. The van der Waals surface area contributed by atoms with Crippen LogP contribution in [0.25, 0.3) is 0 Å². The molecule has 6 heteroatoms. The second-order valence-electron chi connectivity index (χ2n) is 4.71. The van der Waals surface area contributed by atoms with Crippen molar-refractivity contribution in [1.29, 1.82) is 0 Å². The second kappa shape index (κ2) is 5.20. The highest BCUT2D eigenvalue weighted by molar-refractivity contribution is 7.07. The summed E-state index contributed by atoms with van der Waals surface area (Å²) in [7, 11) is 0. The van der Waals surface area contributed by atoms with Gasteiger partial charge in [-0.3, -0.25) is 4.79 Å². The molecule has 1 aromatic carbocycles. The molecule has 0 fully saturated rings. The quantitative estimate of drug-likeness (QED) is 0.641.